The third-order valence-electron chi connectivity index (χ3n) is 3.32. The Kier molecular flexibility index (Phi) is 3.79. The summed E-state index contributed by atoms with van der Waals surface area (Å²) in [6.07, 6.45) is 1.25. The average molecular weight is 248 g/mol. The van der Waals surface area contributed by atoms with E-state index in [1.54, 1.807) is 0 Å². The predicted molar refractivity (Wildman–Crippen MR) is 72.2 cm³/mol. The maximum atomic E-state index is 11.3. The van der Waals surface area contributed by atoms with E-state index in [1.807, 2.05) is 20.0 Å². The number of carbonyl (C=O) groups excluding carboxylic acids is 1. The smallest absolute Gasteiger partial charge is 0.136 e. The van der Waals surface area contributed by atoms with Gasteiger partial charge in [-0.15, -0.1) is 0 Å². The minimum atomic E-state index is 0.350. The van der Waals surface area contributed by atoms with Crippen molar-refractivity contribution in [2.75, 3.05) is 36.5 Å². The number of ketones is 1. The molecule has 0 spiro atoms. The highest BCUT2D eigenvalue weighted by Crippen LogP contribution is 2.20. The van der Waals surface area contributed by atoms with Crippen LogP contribution in [-0.4, -0.2) is 42.4 Å². The van der Waals surface area contributed by atoms with Crippen molar-refractivity contribution < 1.29 is 4.79 Å². The van der Waals surface area contributed by atoms with Gasteiger partial charge in [0.05, 0.1) is 0 Å². The summed E-state index contributed by atoms with van der Waals surface area (Å²) in [6.45, 7) is 6.45. The summed E-state index contributed by atoms with van der Waals surface area (Å²) in [6, 6.07) is 2.01. The summed E-state index contributed by atoms with van der Waals surface area (Å²) in [5.74, 6) is 3.00. The van der Waals surface area contributed by atoms with Crippen LogP contribution in [0.1, 0.15) is 25.6 Å². The van der Waals surface area contributed by atoms with Gasteiger partial charge in [0.15, 0.2) is 0 Å². The fourth-order valence-corrected chi connectivity index (χ4v) is 2.04. The second-order valence-corrected chi connectivity index (χ2v) is 4.67. The molecule has 1 aliphatic rings. The normalized spacial score (nSPS) is 15.9. The monoisotopic (exact) mass is 248 g/mol. The SMILES string of the molecule is CCN(C)c1cc(N2CCC(=O)CC2)nc(C)n1. The third kappa shape index (κ3) is 2.78. The van der Waals surface area contributed by atoms with Crippen molar-refractivity contribution in [3.8, 4) is 0 Å². The molecule has 0 aromatic carbocycles. The Morgan fingerprint density at radius 1 is 1.33 bits per heavy atom. The Balaban J connectivity index is 2.22. The second kappa shape index (κ2) is 5.33. The van der Waals surface area contributed by atoms with Gasteiger partial charge in [0.1, 0.15) is 23.2 Å². The molecule has 1 fully saturated rings. The summed E-state index contributed by atoms with van der Waals surface area (Å²) in [4.78, 5) is 24.4. The molecule has 0 atom stereocenters. The van der Waals surface area contributed by atoms with E-state index in [-0.39, 0.29) is 0 Å². The minimum absolute atomic E-state index is 0.350. The first-order chi connectivity index (χ1) is 8.60. The van der Waals surface area contributed by atoms with Crippen LogP contribution in [0.25, 0.3) is 0 Å². The van der Waals surface area contributed by atoms with Gasteiger partial charge in [-0.2, -0.15) is 0 Å². The second-order valence-electron chi connectivity index (χ2n) is 4.67. The topological polar surface area (TPSA) is 49.3 Å². The number of aryl methyl sites for hydroxylation is 1. The average Bonchev–Trinajstić information content (AvgIpc) is 2.38. The Hall–Kier alpha value is -1.65. The molecule has 0 bridgehead atoms. The zero-order valence-corrected chi connectivity index (χ0v) is 11.3. The molecular formula is C13H20N4O. The fraction of sp³-hybridized carbons (Fsp3) is 0.615. The van der Waals surface area contributed by atoms with Crippen molar-refractivity contribution in [1.29, 1.82) is 0 Å². The van der Waals surface area contributed by atoms with E-state index in [0.717, 1.165) is 37.1 Å². The lowest BCUT2D eigenvalue weighted by atomic mass is 10.1. The molecular weight excluding hydrogens is 228 g/mol. The van der Waals surface area contributed by atoms with E-state index in [1.165, 1.54) is 0 Å². The first kappa shape index (κ1) is 12.8. The van der Waals surface area contributed by atoms with Crippen molar-refractivity contribution in [1.82, 2.24) is 9.97 Å². The van der Waals surface area contributed by atoms with Gasteiger partial charge in [0.25, 0.3) is 0 Å². The summed E-state index contributed by atoms with van der Waals surface area (Å²) in [7, 11) is 2.02. The van der Waals surface area contributed by atoms with Gasteiger partial charge in [0.2, 0.25) is 0 Å². The lowest BCUT2D eigenvalue weighted by Gasteiger charge is -2.28. The Bertz CT molecular complexity index is 437. The molecule has 2 heterocycles. The molecule has 1 aromatic rings. The molecule has 5 nitrogen and oxygen atoms in total. The summed E-state index contributed by atoms with van der Waals surface area (Å²) < 4.78 is 0. The Labute approximate surface area is 108 Å². The van der Waals surface area contributed by atoms with Crippen molar-refractivity contribution in [2.45, 2.75) is 26.7 Å². The maximum Gasteiger partial charge on any atom is 0.136 e. The minimum Gasteiger partial charge on any atom is -0.360 e. The van der Waals surface area contributed by atoms with Crippen LogP contribution < -0.4 is 9.80 Å². The zero-order chi connectivity index (χ0) is 13.1. The number of anilines is 2. The van der Waals surface area contributed by atoms with E-state index >= 15 is 0 Å². The van der Waals surface area contributed by atoms with Gasteiger partial charge in [-0.3, -0.25) is 4.79 Å². The standard InChI is InChI=1S/C13H20N4O/c1-4-16(3)12-9-13(15-10(2)14-12)17-7-5-11(18)6-8-17/h9H,4-8H2,1-3H3. The third-order valence-corrected chi connectivity index (χ3v) is 3.32. The fourth-order valence-electron chi connectivity index (χ4n) is 2.04. The van der Waals surface area contributed by atoms with Gasteiger partial charge in [-0.05, 0) is 13.8 Å². The first-order valence-electron chi connectivity index (χ1n) is 6.43. The van der Waals surface area contributed by atoms with Crippen molar-refractivity contribution >= 4 is 17.4 Å². The molecule has 5 heteroatoms. The molecule has 0 saturated carbocycles. The van der Waals surface area contributed by atoms with Gasteiger partial charge in [-0.25, -0.2) is 9.97 Å². The number of hydrogen-bond acceptors (Lipinski definition) is 5. The van der Waals surface area contributed by atoms with Crippen LogP contribution in [-0.2, 0) is 4.79 Å². The molecule has 0 radical (unpaired) electrons. The lowest BCUT2D eigenvalue weighted by Crippen LogP contribution is -2.34. The number of piperidine rings is 1. The largest absolute Gasteiger partial charge is 0.360 e. The van der Waals surface area contributed by atoms with Crippen LogP contribution in [0, 0.1) is 6.92 Å². The highest BCUT2D eigenvalue weighted by molar-refractivity contribution is 5.80. The molecule has 2 rings (SSSR count). The Morgan fingerprint density at radius 2 is 2.00 bits per heavy atom. The highest BCUT2D eigenvalue weighted by atomic mass is 16.1. The molecule has 0 aliphatic carbocycles. The quantitative estimate of drug-likeness (QED) is 0.809. The molecule has 1 aromatic heterocycles. The van der Waals surface area contributed by atoms with E-state index in [4.69, 9.17) is 0 Å². The van der Waals surface area contributed by atoms with E-state index < -0.39 is 0 Å². The molecule has 98 valence electrons. The summed E-state index contributed by atoms with van der Waals surface area (Å²) >= 11 is 0. The van der Waals surface area contributed by atoms with Crippen molar-refractivity contribution in [3.05, 3.63) is 11.9 Å². The van der Waals surface area contributed by atoms with Crippen LogP contribution in [0.3, 0.4) is 0 Å². The maximum absolute atomic E-state index is 11.3. The van der Waals surface area contributed by atoms with Gasteiger partial charge < -0.3 is 9.80 Å². The number of carbonyl (C=O) groups is 1. The first-order valence-corrected chi connectivity index (χ1v) is 6.43. The predicted octanol–water partition coefficient (Wildman–Crippen LogP) is 1.41. The highest BCUT2D eigenvalue weighted by Gasteiger charge is 2.18. The number of rotatable bonds is 3. The van der Waals surface area contributed by atoms with Gasteiger partial charge in [0, 0.05) is 45.6 Å². The number of Topliss-reactive ketones (excluding diaryl/α,β-unsaturated/α-hetero) is 1. The summed E-state index contributed by atoms with van der Waals surface area (Å²) in [5, 5.41) is 0. The molecule has 1 aliphatic heterocycles. The number of nitrogens with zero attached hydrogens (tertiary/aromatic N) is 4. The van der Waals surface area contributed by atoms with Crippen LogP contribution in [0.2, 0.25) is 0 Å². The molecule has 0 N–H and O–H groups in total. The van der Waals surface area contributed by atoms with Crippen molar-refractivity contribution in [3.63, 3.8) is 0 Å². The number of hydrogen-bond donors (Lipinski definition) is 0. The van der Waals surface area contributed by atoms with Crippen LogP contribution in [0.4, 0.5) is 11.6 Å². The van der Waals surface area contributed by atoms with Gasteiger partial charge >= 0.3 is 0 Å². The Morgan fingerprint density at radius 3 is 2.61 bits per heavy atom. The molecule has 18 heavy (non-hydrogen) atoms. The molecule has 0 unspecified atom stereocenters. The number of aromatic nitrogens is 2. The lowest BCUT2D eigenvalue weighted by molar-refractivity contribution is -0.119. The van der Waals surface area contributed by atoms with E-state index in [0.29, 0.717) is 18.6 Å². The van der Waals surface area contributed by atoms with E-state index in [2.05, 4.69) is 26.7 Å². The van der Waals surface area contributed by atoms with Gasteiger partial charge in [-0.1, -0.05) is 0 Å². The molecule has 0 amide bonds. The van der Waals surface area contributed by atoms with Crippen LogP contribution >= 0.6 is 0 Å². The van der Waals surface area contributed by atoms with E-state index in [9.17, 15) is 4.79 Å². The van der Waals surface area contributed by atoms with Crippen molar-refractivity contribution in [2.24, 2.45) is 0 Å². The summed E-state index contributed by atoms with van der Waals surface area (Å²) in [5.41, 5.74) is 0. The molecule has 1 saturated heterocycles. The van der Waals surface area contributed by atoms with Crippen LogP contribution in [0.15, 0.2) is 6.07 Å². The zero-order valence-electron chi connectivity index (χ0n) is 11.3. The van der Waals surface area contributed by atoms with Crippen LogP contribution in [0.5, 0.6) is 0 Å².